The molecule has 0 aliphatic carbocycles. The third-order valence-electron chi connectivity index (χ3n) is 1.69. The van der Waals surface area contributed by atoms with Gasteiger partial charge in [0.2, 0.25) is 0 Å². The molecule has 1 aromatic carbocycles. The molecule has 0 aliphatic heterocycles. The molecule has 1 rings (SSSR count). The lowest BCUT2D eigenvalue weighted by Crippen LogP contribution is -2.33. The van der Waals surface area contributed by atoms with Crippen LogP contribution in [0.3, 0.4) is 0 Å². The maximum absolute atomic E-state index is 11.5. The van der Waals surface area contributed by atoms with Crippen LogP contribution in [-0.4, -0.2) is 24.2 Å². The molecule has 0 saturated heterocycles. The van der Waals surface area contributed by atoms with Gasteiger partial charge >= 0.3 is 0 Å². The largest absolute Gasteiger partial charge is 0.298 e. The highest BCUT2D eigenvalue weighted by Crippen LogP contribution is 2.13. The predicted molar refractivity (Wildman–Crippen MR) is 60.8 cm³/mol. The van der Waals surface area contributed by atoms with E-state index in [1.54, 1.807) is 18.2 Å². The van der Waals surface area contributed by atoms with Gasteiger partial charge < -0.3 is 0 Å². The molecular weight excluding hydrogens is 295 g/mol. The molecule has 5 heteroatoms. The van der Waals surface area contributed by atoms with Crippen molar-refractivity contribution in [1.82, 2.24) is 5.01 Å². The minimum atomic E-state index is -0.370. The number of rotatable bonds is 2. The lowest BCUT2D eigenvalue weighted by Gasteiger charge is -2.11. The molecule has 0 unspecified atom stereocenters. The second kappa shape index (κ2) is 4.52. The molecule has 0 saturated carbocycles. The van der Waals surface area contributed by atoms with Gasteiger partial charge in [0.25, 0.3) is 5.91 Å². The molecule has 0 radical (unpaired) electrons. The Labute approximate surface area is 95.2 Å². The van der Waals surface area contributed by atoms with E-state index in [4.69, 9.17) is 5.84 Å². The van der Waals surface area contributed by atoms with Gasteiger partial charge in [0, 0.05) is 16.2 Å². The number of aldehydes is 1. The van der Waals surface area contributed by atoms with E-state index in [1.807, 2.05) is 0 Å². The number of hydrazine groups is 1. The van der Waals surface area contributed by atoms with Crippen LogP contribution >= 0.6 is 22.6 Å². The van der Waals surface area contributed by atoms with E-state index in [1.165, 1.54) is 7.05 Å². The van der Waals surface area contributed by atoms with E-state index in [0.717, 1.165) is 8.58 Å². The van der Waals surface area contributed by atoms with Crippen LogP contribution in [0.15, 0.2) is 18.2 Å². The van der Waals surface area contributed by atoms with Gasteiger partial charge in [-0.3, -0.25) is 14.6 Å². The number of amides is 1. The minimum absolute atomic E-state index is 0.330. The van der Waals surface area contributed by atoms with Gasteiger partial charge in [-0.25, -0.2) is 5.84 Å². The molecule has 1 amide bonds. The number of carbonyl (C=O) groups is 2. The molecule has 0 fully saturated rings. The number of nitrogens with zero attached hydrogens (tertiary/aromatic N) is 1. The smallest absolute Gasteiger partial charge is 0.268 e. The Morgan fingerprint density at radius 3 is 2.71 bits per heavy atom. The van der Waals surface area contributed by atoms with Gasteiger partial charge in [-0.1, -0.05) is 0 Å². The van der Waals surface area contributed by atoms with E-state index >= 15 is 0 Å². The zero-order valence-electron chi connectivity index (χ0n) is 7.53. The van der Waals surface area contributed by atoms with Crippen molar-refractivity contribution in [3.63, 3.8) is 0 Å². The quantitative estimate of drug-likeness (QED) is 0.292. The second-order valence-corrected chi connectivity index (χ2v) is 4.01. The van der Waals surface area contributed by atoms with Gasteiger partial charge in [-0.15, -0.1) is 0 Å². The van der Waals surface area contributed by atoms with E-state index in [-0.39, 0.29) is 5.91 Å². The summed E-state index contributed by atoms with van der Waals surface area (Å²) in [6, 6.07) is 5.00. The van der Waals surface area contributed by atoms with Crippen molar-refractivity contribution in [3.8, 4) is 0 Å². The van der Waals surface area contributed by atoms with Crippen LogP contribution in [0.25, 0.3) is 0 Å². The van der Waals surface area contributed by atoms with E-state index in [9.17, 15) is 9.59 Å². The number of nitrogens with two attached hydrogens (primary N) is 1. The van der Waals surface area contributed by atoms with Crippen LogP contribution in [0, 0.1) is 3.57 Å². The van der Waals surface area contributed by atoms with Crippen molar-refractivity contribution < 1.29 is 9.59 Å². The molecule has 1 aromatic rings. The summed E-state index contributed by atoms with van der Waals surface area (Å²) in [5, 5.41) is 0.957. The second-order valence-electron chi connectivity index (χ2n) is 2.77. The van der Waals surface area contributed by atoms with Gasteiger partial charge in [-0.05, 0) is 40.8 Å². The Kier molecular flexibility index (Phi) is 3.59. The van der Waals surface area contributed by atoms with Crippen molar-refractivity contribution in [2.24, 2.45) is 5.84 Å². The highest BCUT2D eigenvalue weighted by Gasteiger charge is 2.13. The number of carbonyl (C=O) groups excluding carboxylic acids is 2. The van der Waals surface area contributed by atoms with Crippen molar-refractivity contribution in [3.05, 3.63) is 32.9 Å². The van der Waals surface area contributed by atoms with Gasteiger partial charge in [-0.2, -0.15) is 0 Å². The van der Waals surface area contributed by atoms with Crippen molar-refractivity contribution >= 4 is 34.8 Å². The lowest BCUT2D eigenvalue weighted by molar-refractivity contribution is 0.0792. The Balaban J connectivity index is 3.23. The molecule has 0 spiro atoms. The molecule has 0 aliphatic rings. The van der Waals surface area contributed by atoms with Crippen LogP contribution in [0.1, 0.15) is 20.7 Å². The summed E-state index contributed by atoms with van der Waals surface area (Å²) >= 11 is 2.07. The summed E-state index contributed by atoms with van der Waals surface area (Å²) in [6.45, 7) is 0. The maximum Gasteiger partial charge on any atom is 0.268 e. The van der Waals surface area contributed by atoms with E-state index in [0.29, 0.717) is 17.4 Å². The third-order valence-corrected chi connectivity index (χ3v) is 2.36. The molecule has 74 valence electrons. The van der Waals surface area contributed by atoms with Crippen LogP contribution in [0.5, 0.6) is 0 Å². The molecule has 0 heterocycles. The normalized spacial score (nSPS) is 9.64. The summed E-state index contributed by atoms with van der Waals surface area (Å²) in [7, 11) is 1.44. The topological polar surface area (TPSA) is 63.4 Å². The summed E-state index contributed by atoms with van der Waals surface area (Å²) in [5.74, 6) is 4.94. The number of benzene rings is 1. The molecule has 0 bridgehead atoms. The van der Waals surface area contributed by atoms with E-state index in [2.05, 4.69) is 22.6 Å². The highest BCUT2D eigenvalue weighted by molar-refractivity contribution is 14.1. The van der Waals surface area contributed by atoms with Crippen LogP contribution < -0.4 is 5.84 Å². The third kappa shape index (κ3) is 2.30. The van der Waals surface area contributed by atoms with E-state index < -0.39 is 0 Å². The number of hydrogen-bond donors (Lipinski definition) is 1. The van der Waals surface area contributed by atoms with Crippen LogP contribution in [0.4, 0.5) is 0 Å². The first kappa shape index (κ1) is 11.1. The van der Waals surface area contributed by atoms with Gasteiger partial charge in [0.15, 0.2) is 6.29 Å². The molecular formula is C9H9IN2O2. The first-order valence-electron chi connectivity index (χ1n) is 3.83. The van der Waals surface area contributed by atoms with Crippen LogP contribution in [-0.2, 0) is 0 Å². The first-order chi connectivity index (χ1) is 6.56. The zero-order chi connectivity index (χ0) is 10.7. The summed E-state index contributed by atoms with van der Waals surface area (Å²) in [5.41, 5.74) is 0.685. The Morgan fingerprint density at radius 2 is 2.21 bits per heavy atom. The number of hydrogen-bond acceptors (Lipinski definition) is 3. The average molecular weight is 304 g/mol. The fraction of sp³-hybridized carbons (Fsp3) is 0.111. The maximum atomic E-state index is 11.5. The summed E-state index contributed by atoms with van der Waals surface area (Å²) in [6.07, 6.45) is 0.646. The molecule has 2 N–H and O–H groups in total. The minimum Gasteiger partial charge on any atom is -0.298 e. The molecule has 14 heavy (non-hydrogen) atoms. The lowest BCUT2D eigenvalue weighted by atomic mass is 10.1. The standard InChI is InChI=1S/C9H9IN2O2/c1-12(11)9(14)8-4-7(10)3-2-6(8)5-13/h2-5H,11H2,1H3. The Bertz CT molecular complexity index is 377. The summed E-state index contributed by atoms with van der Waals surface area (Å²) in [4.78, 5) is 22.2. The fourth-order valence-electron chi connectivity index (χ4n) is 1.01. The van der Waals surface area contributed by atoms with Crippen molar-refractivity contribution in [2.75, 3.05) is 7.05 Å². The fourth-order valence-corrected chi connectivity index (χ4v) is 1.50. The molecule has 0 atom stereocenters. The summed E-state index contributed by atoms with van der Waals surface area (Å²) < 4.78 is 0.887. The Hall–Kier alpha value is -0.950. The SMILES string of the molecule is CN(N)C(=O)c1cc(I)ccc1C=O. The van der Waals surface area contributed by atoms with Crippen molar-refractivity contribution in [1.29, 1.82) is 0 Å². The van der Waals surface area contributed by atoms with Crippen LogP contribution in [0.2, 0.25) is 0 Å². The Morgan fingerprint density at radius 1 is 1.57 bits per heavy atom. The van der Waals surface area contributed by atoms with Gasteiger partial charge in [0.05, 0.1) is 5.56 Å². The van der Waals surface area contributed by atoms with Crippen molar-refractivity contribution in [2.45, 2.75) is 0 Å². The predicted octanol–water partition coefficient (Wildman–Crippen LogP) is 1.05. The zero-order valence-corrected chi connectivity index (χ0v) is 9.69. The average Bonchev–Trinajstić information content (AvgIpc) is 2.16. The highest BCUT2D eigenvalue weighted by atomic mass is 127. The monoisotopic (exact) mass is 304 g/mol. The van der Waals surface area contributed by atoms with Gasteiger partial charge in [0.1, 0.15) is 0 Å². The number of halogens is 1. The molecule has 4 nitrogen and oxygen atoms in total. The molecule has 0 aromatic heterocycles. The first-order valence-corrected chi connectivity index (χ1v) is 4.91.